The molecule has 0 spiro atoms. The van der Waals surface area contributed by atoms with Crippen molar-refractivity contribution in [2.75, 3.05) is 5.32 Å². The van der Waals surface area contributed by atoms with E-state index in [1.165, 1.54) is 18.2 Å². The summed E-state index contributed by atoms with van der Waals surface area (Å²) >= 11 is 0. The second-order valence-electron chi connectivity index (χ2n) is 7.14. The van der Waals surface area contributed by atoms with E-state index >= 15 is 0 Å². The fourth-order valence-corrected chi connectivity index (χ4v) is 2.62. The van der Waals surface area contributed by atoms with Gasteiger partial charge in [0.15, 0.2) is 0 Å². The fourth-order valence-electron chi connectivity index (χ4n) is 2.62. The molecule has 0 radical (unpaired) electrons. The van der Waals surface area contributed by atoms with Crippen molar-refractivity contribution in [3.05, 3.63) is 59.9 Å². The minimum Gasteiger partial charge on any atom is -0.399 e. The molecule has 0 aliphatic carbocycles. The summed E-state index contributed by atoms with van der Waals surface area (Å²) in [5.41, 5.74) is 0.255. The number of carbonyl (C=O) groups is 1. The van der Waals surface area contributed by atoms with Gasteiger partial charge in [0, 0.05) is 11.3 Å². The fraction of sp³-hybridized carbons (Fsp3) is 0.316. The average Bonchev–Trinajstić information content (AvgIpc) is 2.76. The number of hydrogen-bond donors (Lipinski definition) is 1. The lowest BCUT2D eigenvalue weighted by Crippen LogP contribution is -2.41. The predicted molar refractivity (Wildman–Crippen MR) is 96.5 cm³/mol. The Morgan fingerprint density at radius 3 is 2.20 bits per heavy atom. The molecule has 1 aliphatic heterocycles. The van der Waals surface area contributed by atoms with Crippen LogP contribution in [0.15, 0.2) is 48.5 Å². The summed E-state index contributed by atoms with van der Waals surface area (Å²) in [6, 6.07) is 13.1. The van der Waals surface area contributed by atoms with Crippen LogP contribution in [0.25, 0.3) is 0 Å². The van der Waals surface area contributed by atoms with Gasteiger partial charge in [-0.3, -0.25) is 4.79 Å². The van der Waals surface area contributed by atoms with Crippen LogP contribution in [0.5, 0.6) is 0 Å². The molecule has 1 heterocycles. The molecule has 2 aromatic carbocycles. The Labute approximate surface area is 147 Å². The number of carbonyl (C=O) groups excluding carboxylic acids is 1. The van der Waals surface area contributed by atoms with Crippen molar-refractivity contribution in [1.29, 1.82) is 0 Å². The van der Waals surface area contributed by atoms with Gasteiger partial charge in [0.2, 0.25) is 0 Å². The third kappa shape index (κ3) is 3.46. The molecule has 1 N–H and O–H groups in total. The number of nitrogens with one attached hydrogen (secondary N) is 1. The number of benzene rings is 2. The van der Waals surface area contributed by atoms with Crippen molar-refractivity contribution in [2.24, 2.45) is 0 Å². The second kappa shape index (κ2) is 6.28. The Bertz CT molecular complexity index is 777. The molecular formula is C19H21BFNO3. The van der Waals surface area contributed by atoms with Gasteiger partial charge in [0.05, 0.1) is 11.2 Å². The summed E-state index contributed by atoms with van der Waals surface area (Å²) in [6.07, 6.45) is 0. The lowest BCUT2D eigenvalue weighted by molar-refractivity contribution is 0.00578. The molecule has 0 aromatic heterocycles. The molecule has 1 fully saturated rings. The summed E-state index contributed by atoms with van der Waals surface area (Å²) in [5, 5.41) is 2.77. The minimum absolute atomic E-state index is 0.197. The zero-order chi connectivity index (χ0) is 18.2. The molecular weight excluding hydrogens is 320 g/mol. The van der Waals surface area contributed by atoms with E-state index in [-0.39, 0.29) is 5.56 Å². The van der Waals surface area contributed by atoms with E-state index in [0.717, 1.165) is 0 Å². The van der Waals surface area contributed by atoms with Crippen LogP contribution in [0.3, 0.4) is 0 Å². The summed E-state index contributed by atoms with van der Waals surface area (Å²) < 4.78 is 25.8. The highest BCUT2D eigenvalue weighted by atomic mass is 19.1. The van der Waals surface area contributed by atoms with Crippen LogP contribution >= 0.6 is 0 Å². The van der Waals surface area contributed by atoms with Crippen molar-refractivity contribution < 1.29 is 18.5 Å². The number of rotatable bonds is 3. The van der Waals surface area contributed by atoms with E-state index in [4.69, 9.17) is 9.31 Å². The number of amides is 1. The number of hydrogen-bond acceptors (Lipinski definition) is 3. The zero-order valence-electron chi connectivity index (χ0n) is 14.8. The van der Waals surface area contributed by atoms with Crippen LogP contribution in [-0.4, -0.2) is 24.2 Å². The average molecular weight is 341 g/mol. The lowest BCUT2D eigenvalue weighted by Gasteiger charge is -2.32. The maximum absolute atomic E-state index is 13.8. The lowest BCUT2D eigenvalue weighted by atomic mass is 9.75. The Morgan fingerprint density at radius 2 is 1.60 bits per heavy atom. The van der Waals surface area contributed by atoms with Crippen LogP contribution in [0, 0.1) is 5.82 Å². The highest BCUT2D eigenvalue weighted by Gasteiger charge is 2.52. The highest BCUT2D eigenvalue weighted by Crippen LogP contribution is 2.36. The van der Waals surface area contributed by atoms with Gasteiger partial charge >= 0.3 is 7.12 Å². The van der Waals surface area contributed by atoms with Gasteiger partial charge in [-0.05, 0) is 57.4 Å². The molecule has 3 rings (SSSR count). The number of halogens is 1. The van der Waals surface area contributed by atoms with Gasteiger partial charge in [-0.2, -0.15) is 0 Å². The largest absolute Gasteiger partial charge is 0.495 e. The monoisotopic (exact) mass is 341 g/mol. The first-order valence-corrected chi connectivity index (χ1v) is 8.21. The number of para-hydroxylation sites is 1. The molecule has 1 saturated heterocycles. The summed E-state index contributed by atoms with van der Waals surface area (Å²) in [6.45, 7) is 7.72. The van der Waals surface area contributed by atoms with Gasteiger partial charge < -0.3 is 14.6 Å². The van der Waals surface area contributed by atoms with Crippen LogP contribution in [0.1, 0.15) is 38.1 Å². The molecule has 6 heteroatoms. The molecule has 2 aromatic rings. The first-order chi connectivity index (χ1) is 11.7. The molecule has 0 unspecified atom stereocenters. The van der Waals surface area contributed by atoms with E-state index in [0.29, 0.717) is 11.2 Å². The Morgan fingerprint density at radius 1 is 1.00 bits per heavy atom. The van der Waals surface area contributed by atoms with Crippen molar-refractivity contribution in [1.82, 2.24) is 0 Å². The normalized spacial score (nSPS) is 18.2. The van der Waals surface area contributed by atoms with Crippen LogP contribution in [0.2, 0.25) is 0 Å². The van der Waals surface area contributed by atoms with Crippen LogP contribution in [0.4, 0.5) is 10.1 Å². The van der Waals surface area contributed by atoms with E-state index in [1.807, 2.05) is 45.9 Å². The predicted octanol–water partition coefficient (Wildman–Crippen LogP) is 3.38. The first-order valence-electron chi connectivity index (χ1n) is 8.21. The SMILES string of the molecule is CC1(C)OB(c2ccc(F)cc2C(=O)Nc2ccccc2)OC1(C)C. The summed E-state index contributed by atoms with van der Waals surface area (Å²) in [4.78, 5) is 12.7. The molecule has 0 bridgehead atoms. The van der Waals surface area contributed by atoms with Crippen LogP contribution < -0.4 is 10.8 Å². The third-order valence-electron chi connectivity index (χ3n) is 4.80. The van der Waals surface area contributed by atoms with E-state index < -0.39 is 30.0 Å². The molecule has 1 aliphatic rings. The molecule has 0 atom stereocenters. The van der Waals surface area contributed by atoms with Gasteiger partial charge in [-0.15, -0.1) is 0 Å². The Kier molecular flexibility index (Phi) is 4.43. The molecule has 4 nitrogen and oxygen atoms in total. The number of anilines is 1. The Balaban J connectivity index is 1.93. The van der Waals surface area contributed by atoms with Gasteiger partial charge in [0.25, 0.3) is 5.91 Å². The van der Waals surface area contributed by atoms with E-state index in [2.05, 4.69) is 5.32 Å². The van der Waals surface area contributed by atoms with Crippen molar-refractivity contribution in [3.63, 3.8) is 0 Å². The highest BCUT2D eigenvalue weighted by molar-refractivity contribution is 6.63. The first kappa shape index (κ1) is 17.6. The maximum Gasteiger partial charge on any atom is 0.495 e. The molecule has 25 heavy (non-hydrogen) atoms. The van der Waals surface area contributed by atoms with E-state index in [9.17, 15) is 9.18 Å². The second-order valence-corrected chi connectivity index (χ2v) is 7.14. The summed E-state index contributed by atoms with van der Waals surface area (Å²) in [7, 11) is -0.734. The van der Waals surface area contributed by atoms with Crippen molar-refractivity contribution in [2.45, 2.75) is 38.9 Å². The quantitative estimate of drug-likeness (QED) is 0.871. The molecule has 130 valence electrons. The molecule has 0 saturated carbocycles. The van der Waals surface area contributed by atoms with Crippen molar-refractivity contribution >= 4 is 24.2 Å². The zero-order valence-corrected chi connectivity index (χ0v) is 14.8. The maximum atomic E-state index is 13.8. The topological polar surface area (TPSA) is 47.6 Å². The third-order valence-corrected chi connectivity index (χ3v) is 4.80. The van der Waals surface area contributed by atoms with Gasteiger partial charge in [-0.1, -0.05) is 24.3 Å². The minimum atomic E-state index is -0.734. The Hall–Kier alpha value is -2.18. The van der Waals surface area contributed by atoms with E-state index in [1.54, 1.807) is 12.1 Å². The summed E-state index contributed by atoms with van der Waals surface area (Å²) in [5.74, 6) is -0.895. The van der Waals surface area contributed by atoms with Gasteiger partial charge in [-0.25, -0.2) is 4.39 Å². The smallest absolute Gasteiger partial charge is 0.399 e. The molecule has 1 amide bonds. The van der Waals surface area contributed by atoms with Crippen LogP contribution in [-0.2, 0) is 9.31 Å². The van der Waals surface area contributed by atoms with Crippen molar-refractivity contribution in [3.8, 4) is 0 Å². The standard InChI is InChI=1S/C19H21BFNO3/c1-18(2)19(3,4)25-20(24-18)16-11-10-13(21)12-15(16)17(23)22-14-8-6-5-7-9-14/h5-12H,1-4H3,(H,22,23). The van der Waals surface area contributed by atoms with Gasteiger partial charge in [0.1, 0.15) is 5.82 Å².